The van der Waals surface area contributed by atoms with Gasteiger partial charge >= 0.3 is 0 Å². The Balaban J connectivity index is 1.65. The van der Waals surface area contributed by atoms with E-state index in [2.05, 4.69) is 20.9 Å². The van der Waals surface area contributed by atoms with Crippen molar-refractivity contribution in [3.63, 3.8) is 0 Å². The maximum Gasteiger partial charge on any atom is 0.270 e. The van der Waals surface area contributed by atoms with Crippen LogP contribution in [-0.4, -0.2) is 22.8 Å². The molecule has 2 amide bonds. The van der Waals surface area contributed by atoms with Gasteiger partial charge in [0.15, 0.2) is 0 Å². The van der Waals surface area contributed by atoms with Gasteiger partial charge in [-0.15, -0.1) is 0 Å². The summed E-state index contributed by atoms with van der Waals surface area (Å²) in [6.45, 7) is 1.47. The van der Waals surface area contributed by atoms with E-state index in [0.717, 1.165) is 29.9 Å². The van der Waals surface area contributed by atoms with Crippen LogP contribution in [0.1, 0.15) is 30.3 Å². The van der Waals surface area contributed by atoms with Crippen LogP contribution in [0, 0.1) is 0 Å². The van der Waals surface area contributed by atoms with E-state index in [1.165, 1.54) is 6.92 Å². The molecule has 0 saturated heterocycles. The Kier molecular flexibility index (Phi) is 4.23. The molecule has 0 bridgehead atoms. The highest BCUT2D eigenvalue weighted by Gasteiger charge is 2.24. The van der Waals surface area contributed by atoms with Crippen molar-refractivity contribution in [3.05, 3.63) is 48.3 Å². The van der Waals surface area contributed by atoms with Crippen LogP contribution in [0.25, 0.3) is 0 Å². The number of rotatable bonds is 5. The van der Waals surface area contributed by atoms with Crippen LogP contribution in [0.15, 0.2) is 42.6 Å². The third-order valence-corrected chi connectivity index (χ3v) is 3.38. The van der Waals surface area contributed by atoms with Crippen LogP contribution in [-0.2, 0) is 4.79 Å². The summed E-state index contributed by atoms with van der Waals surface area (Å²) < 4.78 is 0. The Labute approximate surface area is 134 Å². The largest absolute Gasteiger partial charge is 0.354 e. The van der Waals surface area contributed by atoms with Crippen LogP contribution >= 0.6 is 0 Å². The summed E-state index contributed by atoms with van der Waals surface area (Å²) in [5.74, 6) is -0.249. The molecule has 118 valence electrons. The van der Waals surface area contributed by atoms with Gasteiger partial charge in [-0.1, -0.05) is 6.07 Å². The second kappa shape index (κ2) is 6.48. The Morgan fingerprint density at radius 1 is 1.09 bits per heavy atom. The zero-order valence-corrected chi connectivity index (χ0v) is 12.8. The lowest BCUT2D eigenvalue weighted by Gasteiger charge is -2.09. The molecule has 0 aliphatic heterocycles. The normalized spacial score (nSPS) is 13.3. The first-order chi connectivity index (χ1) is 11.1. The standard InChI is InChI=1S/C17H18N4O2/c1-11(22)19-13-3-2-4-14(9-13)20-15-7-8-16(18-10-15)17(23)21-12-5-6-12/h2-4,7-10,12,20H,5-6H2,1H3,(H,19,22)(H,21,23). The van der Waals surface area contributed by atoms with E-state index >= 15 is 0 Å². The molecule has 1 aliphatic carbocycles. The highest BCUT2D eigenvalue weighted by Crippen LogP contribution is 2.21. The first kappa shape index (κ1) is 15.0. The van der Waals surface area contributed by atoms with Gasteiger partial charge in [-0.25, -0.2) is 4.98 Å². The number of nitrogens with zero attached hydrogens (tertiary/aromatic N) is 1. The monoisotopic (exact) mass is 310 g/mol. The van der Waals surface area contributed by atoms with Gasteiger partial charge in [0.1, 0.15) is 5.69 Å². The third-order valence-electron chi connectivity index (χ3n) is 3.38. The molecule has 1 saturated carbocycles. The number of hydrogen-bond acceptors (Lipinski definition) is 4. The number of aromatic nitrogens is 1. The van der Waals surface area contributed by atoms with E-state index in [-0.39, 0.29) is 11.8 Å². The topological polar surface area (TPSA) is 83.1 Å². The highest BCUT2D eigenvalue weighted by atomic mass is 16.2. The first-order valence-electron chi connectivity index (χ1n) is 7.52. The summed E-state index contributed by atoms with van der Waals surface area (Å²) >= 11 is 0. The summed E-state index contributed by atoms with van der Waals surface area (Å²) in [6, 6.07) is 11.2. The number of hydrogen-bond donors (Lipinski definition) is 3. The maximum atomic E-state index is 11.9. The van der Waals surface area contributed by atoms with Gasteiger partial charge in [-0.05, 0) is 43.2 Å². The smallest absolute Gasteiger partial charge is 0.270 e. The molecule has 3 rings (SSSR count). The van der Waals surface area contributed by atoms with Crippen molar-refractivity contribution < 1.29 is 9.59 Å². The number of carbonyl (C=O) groups excluding carboxylic acids is 2. The minimum Gasteiger partial charge on any atom is -0.354 e. The van der Waals surface area contributed by atoms with Crippen molar-refractivity contribution in [1.29, 1.82) is 0 Å². The lowest BCUT2D eigenvalue weighted by molar-refractivity contribution is -0.114. The molecule has 1 aliphatic rings. The fraction of sp³-hybridized carbons (Fsp3) is 0.235. The molecule has 2 aromatic rings. The van der Waals surface area contributed by atoms with Crippen molar-refractivity contribution in [3.8, 4) is 0 Å². The molecular formula is C17H18N4O2. The van der Waals surface area contributed by atoms with E-state index < -0.39 is 0 Å². The number of benzene rings is 1. The predicted molar refractivity (Wildman–Crippen MR) is 88.8 cm³/mol. The van der Waals surface area contributed by atoms with Crippen LogP contribution in [0.3, 0.4) is 0 Å². The number of amides is 2. The zero-order chi connectivity index (χ0) is 16.2. The number of pyridine rings is 1. The van der Waals surface area contributed by atoms with E-state index in [1.807, 2.05) is 24.3 Å². The molecule has 6 nitrogen and oxygen atoms in total. The number of anilines is 3. The number of carbonyl (C=O) groups is 2. The molecule has 6 heteroatoms. The molecule has 1 aromatic carbocycles. The molecule has 1 fully saturated rings. The Bertz CT molecular complexity index is 724. The predicted octanol–water partition coefficient (Wildman–Crippen LogP) is 2.68. The molecule has 0 unspecified atom stereocenters. The van der Waals surface area contributed by atoms with Crippen LogP contribution in [0.2, 0.25) is 0 Å². The second-order valence-electron chi connectivity index (χ2n) is 5.57. The number of nitrogens with one attached hydrogen (secondary N) is 3. The Morgan fingerprint density at radius 3 is 2.52 bits per heavy atom. The van der Waals surface area contributed by atoms with Crippen molar-refractivity contribution >= 4 is 28.9 Å². The SMILES string of the molecule is CC(=O)Nc1cccc(Nc2ccc(C(=O)NC3CC3)nc2)c1. The molecular weight excluding hydrogens is 292 g/mol. The van der Waals surface area contributed by atoms with Gasteiger partial charge in [-0.2, -0.15) is 0 Å². The van der Waals surface area contributed by atoms with Gasteiger partial charge in [-0.3, -0.25) is 9.59 Å². The maximum absolute atomic E-state index is 11.9. The van der Waals surface area contributed by atoms with E-state index in [0.29, 0.717) is 11.7 Å². The highest BCUT2D eigenvalue weighted by molar-refractivity contribution is 5.93. The average Bonchev–Trinajstić information content (AvgIpc) is 3.31. The third kappa shape index (κ3) is 4.29. The van der Waals surface area contributed by atoms with Gasteiger partial charge in [0.25, 0.3) is 5.91 Å². The minimum atomic E-state index is -0.133. The molecule has 0 spiro atoms. The van der Waals surface area contributed by atoms with E-state index in [1.54, 1.807) is 18.3 Å². The fourth-order valence-electron chi connectivity index (χ4n) is 2.13. The Morgan fingerprint density at radius 2 is 1.87 bits per heavy atom. The zero-order valence-electron chi connectivity index (χ0n) is 12.8. The molecule has 1 aromatic heterocycles. The van der Waals surface area contributed by atoms with E-state index in [9.17, 15) is 9.59 Å². The minimum absolute atomic E-state index is 0.116. The lowest BCUT2D eigenvalue weighted by Crippen LogP contribution is -2.26. The van der Waals surface area contributed by atoms with Gasteiger partial charge in [0.2, 0.25) is 5.91 Å². The van der Waals surface area contributed by atoms with Crippen molar-refractivity contribution in [2.75, 3.05) is 10.6 Å². The fourth-order valence-corrected chi connectivity index (χ4v) is 2.13. The first-order valence-corrected chi connectivity index (χ1v) is 7.52. The summed E-state index contributed by atoms with van der Waals surface area (Å²) in [7, 11) is 0. The van der Waals surface area contributed by atoms with Crippen LogP contribution in [0.4, 0.5) is 17.1 Å². The average molecular weight is 310 g/mol. The van der Waals surface area contributed by atoms with Crippen molar-refractivity contribution in [2.45, 2.75) is 25.8 Å². The van der Waals surface area contributed by atoms with Gasteiger partial charge < -0.3 is 16.0 Å². The summed E-state index contributed by atoms with van der Waals surface area (Å²) in [5, 5.41) is 8.83. The van der Waals surface area contributed by atoms with Crippen molar-refractivity contribution in [2.24, 2.45) is 0 Å². The van der Waals surface area contributed by atoms with E-state index in [4.69, 9.17) is 0 Å². The molecule has 0 atom stereocenters. The van der Waals surface area contributed by atoms with Gasteiger partial charge in [0, 0.05) is 24.3 Å². The molecule has 3 N–H and O–H groups in total. The molecule has 1 heterocycles. The second-order valence-corrected chi connectivity index (χ2v) is 5.57. The quantitative estimate of drug-likeness (QED) is 0.793. The van der Waals surface area contributed by atoms with Gasteiger partial charge in [0.05, 0.1) is 11.9 Å². The Hall–Kier alpha value is -2.89. The van der Waals surface area contributed by atoms with Crippen molar-refractivity contribution in [1.82, 2.24) is 10.3 Å². The summed E-state index contributed by atoms with van der Waals surface area (Å²) in [6.07, 6.45) is 3.72. The molecule has 0 radical (unpaired) electrons. The summed E-state index contributed by atoms with van der Waals surface area (Å²) in [4.78, 5) is 27.1. The summed E-state index contributed by atoms with van der Waals surface area (Å²) in [5.41, 5.74) is 2.73. The van der Waals surface area contributed by atoms with Crippen LogP contribution in [0.5, 0.6) is 0 Å². The lowest BCUT2D eigenvalue weighted by atomic mass is 10.2. The molecule has 23 heavy (non-hydrogen) atoms. The van der Waals surface area contributed by atoms with Crippen LogP contribution < -0.4 is 16.0 Å².